The van der Waals surface area contributed by atoms with Gasteiger partial charge < -0.3 is 19.6 Å². The van der Waals surface area contributed by atoms with Crippen LogP contribution < -0.4 is 9.64 Å². The van der Waals surface area contributed by atoms with Crippen LogP contribution in [0.4, 0.5) is 23.8 Å². The van der Waals surface area contributed by atoms with Gasteiger partial charge in [-0.3, -0.25) is 9.88 Å². The Balaban J connectivity index is 1.16. The second kappa shape index (κ2) is 12.9. The Kier molecular flexibility index (Phi) is 8.10. The lowest BCUT2D eigenvalue weighted by molar-refractivity contribution is 0.101. The zero-order valence-electron chi connectivity index (χ0n) is 28.8. The minimum absolute atomic E-state index is 0.0791. The maximum atomic E-state index is 17.1. The average molecular weight is 724 g/mol. The number of carbonyl (C=O) groups is 1. The molecule has 0 radical (unpaired) electrons. The van der Waals surface area contributed by atoms with E-state index in [9.17, 15) is 18.7 Å². The quantitative estimate of drug-likeness (QED) is 0.230. The van der Waals surface area contributed by atoms with Crippen molar-refractivity contribution < 1.29 is 27.8 Å². The molecule has 3 aliphatic heterocycles. The number of terminal acetylenes is 1. The zero-order valence-corrected chi connectivity index (χ0v) is 28.8. The van der Waals surface area contributed by atoms with E-state index in [1.54, 1.807) is 0 Å². The van der Waals surface area contributed by atoms with Crippen LogP contribution in [-0.4, -0.2) is 108 Å². The fourth-order valence-electron chi connectivity index (χ4n) is 8.82. The maximum Gasteiger partial charge on any atom is 0.346 e. The number of carbonyl (C=O) groups excluding carboxylic acids is 1. The summed E-state index contributed by atoms with van der Waals surface area (Å²) in [6, 6.07) is 4.86. The summed E-state index contributed by atoms with van der Waals surface area (Å²) in [5.41, 5.74) is -0.779. The van der Waals surface area contributed by atoms with E-state index in [0.29, 0.717) is 49.2 Å². The summed E-state index contributed by atoms with van der Waals surface area (Å²) < 4.78 is 54.2. The van der Waals surface area contributed by atoms with Gasteiger partial charge in [0.25, 0.3) is 0 Å². The summed E-state index contributed by atoms with van der Waals surface area (Å²) in [5.74, 6) is 1.31. The molecule has 6 heterocycles. The Morgan fingerprint density at radius 3 is 2.75 bits per heavy atom. The standard InChI is InChI=1S/C38H36F3N9O3/c1-2-26-29(40)8-7-23-13-25(51)14-27(31(23)26)33-32(41)34-28(16-43-33)35(46-36(45-34)53-19-38-9-4-10-48(38)17-24(39)15-38)47-11-12-49(30(18-47)22-5-3-6-22)37(52)50-21-42-20-44-50/h1,7-8,13-14,16,20-22,24,30,51H,3-6,9-12,15,17-19H2/t24-,30?,38+/m1/s1. The summed E-state index contributed by atoms with van der Waals surface area (Å²) in [6.45, 7) is 2.36. The molecule has 4 aliphatic rings. The van der Waals surface area contributed by atoms with E-state index in [4.69, 9.17) is 16.1 Å². The Morgan fingerprint density at radius 1 is 1.11 bits per heavy atom. The monoisotopic (exact) mass is 723 g/mol. The van der Waals surface area contributed by atoms with Crippen LogP contribution >= 0.6 is 0 Å². The number of ether oxygens (including phenoxy) is 1. The predicted molar refractivity (Wildman–Crippen MR) is 189 cm³/mol. The fourth-order valence-corrected chi connectivity index (χ4v) is 8.82. The van der Waals surface area contributed by atoms with Crippen LogP contribution in [0.25, 0.3) is 32.9 Å². The smallest absolute Gasteiger partial charge is 0.346 e. The highest BCUT2D eigenvalue weighted by Gasteiger charge is 2.49. The first-order valence-electron chi connectivity index (χ1n) is 17.9. The van der Waals surface area contributed by atoms with Crippen molar-refractivity contribution in [3.63, 3.8) is 0 Å². The number of amides is 1. The van der Waals surface area contributed by atoms with Gasteiger partial charge in [-0.25, -0.2) is 22.9 Å². The van der Waals surface area contributed by atoms with Gasteiger partial charge in [0.1, 0.15) is 54.0 Å². The minimum Gasteiger partial charge on any atom is -0.508 e. The van der Waals surface area contributed by atoms with Gasteiger partial charge in [0.15, 0.2) is 5.82 Å². The van der Waals surface area contributed by atoms with Crippen LogP contribution in [0.15, 0.2) is 43.1 Å². The number of alkyl halides is 1. The van der Waals surface area contributed by atoms with E-state index >= 15 is 4.39 Å². The zero-order chi connectivity index (χ0) is 36.4. The molecule has 5 aromatic rings. The minimum atomic E-state index is -0.965. The fraction of sp³-hybridized carbons (Fsp3) is 0.421. The first-order valence-corrected chi connectivity index (χ1v) is 17.9. The number of phenols is 1. The van der Waals surface area contributed by atoms with Gasteiger partial charge in [-0.1, -0.05) is 18.4 Å². The first kappa shape index (κ1) is 33.4. The molecule has 272 valence electrons. The van der Waals surface area contributed by atoms with Crippen molar-refractivity contribution >= 4 is 33.5 Å². The van der Waals surface area contributed by atoms with Crippen LogP contribution in [-0.2, 0) is 0 Å². The molecule has 0 bridgehead atoms. The van der Waals surface area contributed by atoms with Gasteiger partial charge in [0.05, 0.1) is 22.5 Å². The van der Waals surface area contributed by atoms with Crippen molar-refractivity contribution in [2.75, 3.05) is 44.2 Å². The van der Waals surface area contributed by atoms with Crippen molar-refractivity contribution in [2.45, 2.75) is 56.3 Å². The summed E-state index contributed by atoms with van der Waals surface area (Å²) in [5, 5.41) is 15.6. The van der Waals surface area contributed by atoms with Gasteiger partial charge in [-0.2, -0.15) is 19.7 Å². The van der Waals surface area contributed by atoms with Gasteiger partial charge in [-0.15, -0.1) is 6.42 Å². The lowest BCUT2D eigenvalue weighted by Gasteiger charge is -2.47. The average Bonchev–Trinajstić information content (AvgIpc) is 3.87. The number of pyridine rings is 1. The number of phenolic OH excluding ortho intramolecular Hbond substituents is 1. The van der Waals surface area contributed by atoms with E-state index < -0.39 is 23.3 Å². The molecule has 9 rings (SSSR count). The summed E-state index contributed by atoms with van der Waals surface area (Å²) in [6.07, 6.45) is 13.9. The molecule has 1 amide bonds. The Hall–Kier alpha value is -5.49. The van der Waals surface area contributed by atoms with Crippen LogP contribution in [0.3, 0.4) is 0 Å². The molecular formula is C38H36F3N9O3. The largest absolute Gasteiger partial charge is 0.508 e. The highest BCUT2D eigenvalue weighted by Crippen LogP contribution is 2.42. The number of hydrogen-bond donors (Lipinski definition) is 1. The number of aromatic nitrogens is 6. The van der Waals surface area contributed by atoms with Gasteiger partial charge in [0, 0.05) is 49.7 Å². The third kappa shape index (κ3) is 5.58. The molecule has 4 fully saturated rings. The lowest BCUT2D eigenvalue weighted by Crippen LogP contribution is -2.60. The van der Waals surface area contributed by atoms with Crippen molar-refractivity contribution in [2.24, 2.45) is 5.92 Å². The topological polar surface area (TPSA) is 126 Å². The number of nitrogens with zero attached hydrogens (tertiary/aromatic N) is 9. The molecule has 53 heavy (non-hydrogen) atoms. The molecule has 1 saturated carbocycles. The van der Waals surface area contributed by atoms with E-state index in [1.165, 1.54) is 47.8 Å². The molecule has 1 N–H and O–H groups in total. The first-order chi connectivity index (χ1) is 25.7. The maximum absolute atomic E-state index is 17.1. The van der Waals surface area contributed by atoms with Crippen molar-refractivity contribution in [1.29, 1.82) is 0 Å². The highest BCUT2D eigenvalue weighted by molar-refractivity contribution is 6.03. The van der Waals surface area contributed by atoms with Crippen LogP contribution in [0, 0.1) is 29.9 Å². The lowest BCUT2D eigenvalue weighted by atomic mass is 9.78. The van der Waals surface area contributed by atoms with Crippen molar-refractivity contribution in [3.8, 4) is 35.4 Å². The number of halogens is 3. The summed E-state index contributed by atoms with van der Waals surface area (Å²) >= 11 is 0. The predicted octanol–water partition coefficient (Wildman–Crippen LogP) is 5.32. The van der Waals surface area contributed by atoms with Crippen LogP contribution in [0.1, 0.15) is 44.1 Å². The molecule has 3 aromatic heterocycles. The van der Waals surface area contributed by atoms with Crippen LogP contribution in [0.5, 0.6) is 11.8 Å². The van der Waals surface area contributed by atoms with E-state index in [1.807, 2.05) is 9.80 Å². The highest BCUT2D eigenvalue weighted by atomic mass is 19.1. The number of benzene rings is 2. The third-order valence-electron chi connectivity index (χ3n) is 11.6. The van der Waals surface area contributed by atoms with E-state index in [2.05, 4.69) is 30.9 Å². The third-order valence-corrected chi connectivity index (χ3v) is 11.6. The molecule has 3 saturated heterocycles. The van der Waals surface area contributed by atoms with Gasteiger partial charge in [-0.05, 0) is 61.7 Å². The van der Waals surface area contributed by atoms with Crippen molar-refractivity contribution in [3.05, 3.63) is 60.3 Å². The molecule has 1 aliphatic carbocycles. The number of fused-ring (bicyclic) bond motifs is 3. The summed E-state index contributed by atoms with van der Waals surface area (Å²) in [7, 11) is 0. The Labute approximate surface area is 302 Å². The molecular weight excluding hydrogens is 687 g/mol. The number of rotatable bonds is 6. The summed E-state index contributed by atoms with van der Waals surface area (Å²) in [4.78, 5) is 37.4. The second-order valence-corrected chi connectivity index (χ2v) is 14.6. The molecule has 1 unspecified atom stereocenters. The van der Waals surface area contributed by atoms with Crippen LogP contribution in [0.2, 0.25) is 0 Å². The van der Waals surface area contributed by atoms with Gasteiger partial charge in [0.2, 0.25) is 0 Å². The molecule has 12 nitrogen and oxygen atoms in total. The van der Waals surface area contributed by atoms with Gasteiger partial charge >= 0.3 is 12.0 Å². The van der Waals surface area contributed by atoms with Crippen molar-refractivity contribution in [1.82, 2.24) is 39.5 Å². The molecule has 15 heteroatoms. The Bertz CT molecular complexity index is 2300. The second-order valence-electron chi connectivity index (χ2n) is 14.6. The number of aromatic hydroxyl groups is 1. The molecule has 3 atom stereocenters. The SMILES string of the molecule is C#Cc1c(F)ccc2cc(O)cc(-c3ncc4c(N5CCN(C(=O)n6cncn6)C(C6CCC6)C5)nc(OC[C@@]56CCCN5C[C@H](F)C6)nc4c3F)c12. The molecule has 2 aromatic carbocycles. The number of hydrogen-bond acceptors (Lipinski definition) is 10. The molecule has 0 spiro atoms. The normalized spacial score (nSPS) is 23.4. The number of anilines is 1. The Morgan fingerprint density at radius 2 is 1.98 bits per heavy atom. The van der Waals surface area contributed by atoms with E-state index in [-0.39, 0.29) is 64.1 Å². The van der Waals surface area contributed by atoms with E-state index in [0.717, 1.165) is 38.6 Å². The number of piperazine rings is 1.